The molecule has 3 aromatic carbocycles. The molecule has 0 aromatic heterocycles. The van der Waals surface area contributed by atoms with Gasteiger partial charge in [-0.15, -0.1) is 0 Å². The van der Waals surface area contributed by atoms with Gasteiger partial charge in [-0.3, -0.25) is 9.59 Å². The third-order valence-corrected chi connectivity index (χ3v) is 8.45. The Kier molecular flexibility index (Phi) is 6.40. The van der Waals surface area contributed by atoms with Crippen LogP contribution in [-0.2, 0) is 16.4 Å². The Morgan fingerprint density at radius 3 is 2.20 bits per heavy atom. The average molecular weight is 490 g/mol. The van der Waals surface area contributed by atoms with E-state index >= 15 is 0 Å². The normalized spacial score (nSPS) is 16.1. The Bertz CT molecular complexity index is 1350. The molecule has 2 amide bonds. The summed E-state index contributed by atoms with van der Waals surface area (Å²) < 4.78 is 26.9. The number of anilines is 2. The Labute approximate surface area is 205 Å². The van der Waals surface area contributed by atoms with Gasteiger partial charge in [0.05, 0.1) is 4.90 Å². The molecule has 8 heteroatoms. The minimum absolute atomic E-state index is 0.0349. The minimum Gasteiger partial charge on any atom is -0.322 e. The zero-order valence-corrected chi connectivity index (χ0v) is 20.1. The summed E-state index contributed by atoms with van der Waals surface area (Å²) in [6.45, 7) is 1.73. The van der Waals surface area contributed by atoms with Gasteiger partial charge in [0.1, 0.15) is 0 Å². The molecule has 5 rings (SSSR count). The molecule has 0 saturated carbocycles. The van der Waals surface area contributed by atoms with Crippen molar-refractivity contribution in [2.75, 3.05) is 29.9 Å². The Morgan fingerprint density at radius 2 is 1.49 bits per heavy atom. The lowest BCUT2D eigenvalue weighted by Gasteiger charge is -2.30. The number of benzene rings is 3. The highest BCUT2D eigenvalue weighted by molar-refractivity contribution is 7.89. The Morgan fingerprint density at radius 1 is 0.771 bits per heavy atom. The third kappa shape index (κ3) is 4.72. The molecular weight excluding hydrogens is 462 g/mol. The largest absolute Gasteiger partial charge is 0.322 e. The van der Waals surface area contributed by atoms with Gasteiger partial charge in [0.25, 0.3) is 11.8 Å². The fourth-order valence-corrected chi connectivity index (χ4v) is 6.20. The molecule has 0 spiro atoms. The van der Waals surface area contributed by atoms with Crippen molar-refractivity contribution in [3.05, 3.63) is 89.5 Å². The van der Waals surface area contributed by atoms with E-state index in [-0.39, 0.29) is 16.7 Å². The molecule has 0 atom stereocenters. The van der Waals surface area contributed by atoms with Crippen molar-refractivity contribution in [2.45, 2.75) is 30.6 Å². The van der Waals surface area contributed by atoms with Gasteiger partial charge in [-0.25, -0.2) is 8.42 Å². The molecular formula is C27H27N3O4S. The summed E-state index contributed by atoms with van der Waals surface area (Å²) in [5.74, 6) is -0.351. The number of sulfonamides is 1. The zero-order valence-electron chi connectivity index (χ0n) is 19.3. The van der Waals surface area contributed by atoms with Crippen molar-refractivity contribution in [2.24, 2.45) is 0 Å². The van der Waals surface area contributed by atoms with E-state index in [1.807, 2.05) is 42.5 Å². The molecule has 2 heterocycles. The second-order valence-corrected chi connectivity index (χ2v) is 10.8. The average Bonchev–Trinajstić information content (AvgIpc) is 3.44. The van der Waals surface area contributed by atoms with Crippen LogP contribution in [0.2, 0.25) is 0 Å². The monoisotopic (exact) mass is 489 g/mol. The SMILES string of the molecule is O=C(Nc1ccc2c(c1)CCCN2C(=O)c1ccccc1)c1ccc(S(=O)(=O)N2CCCC2)cc1. The van der Waals surface area contributed by atoms with Gasteiger partial charge >= 0.3 is 0 Å². The first-order valence-corrected chi connectivity index (χ1v) is 13.3. The van der Waals surface area contributed by atoms with Crippen LogP contribution < -0.4 is 10.2 Å². The highest BCUT2D eigenvalue weighted by Gasteiger charge is 2.27. The predicted molar refractivity (Wildman–Crippen MR) is 135 cm³/mol. The van der Waals surface area contributed by atoms with Gasteiger partial charge in [0.2, 0.25) is 10.0 Å². The standard InChI is InChI=1S/C27H27N3O4S/c31-26(20-10-13-24(14-11-20)35(33,34)29-16-4-5-17-29)28-23-12-15-25-22(19-23)9-6-18-30(25)27(32)21-7-2-1-3-8-21/h1-3,7-8,10-15,19H,4-6,9,16-18H2,(H,28,31). The van der Waals surface area contributed by atoms with Crippen molar-refractivity contribution in [3.8, 4) is 0 Å². The fraction of sp³-hybridized carbons (Fsp3) is 0.259. The van der Waals surface area contributed by atoms with Crippen LogP contribution >= 0.6 is 0 Å². The van der Waals surface area contributed by atoms with Crippen LogP contribution in [0, 0.1) is 0 Å². The van der Waals surface area contributed by atoms with Gasteiger partial charge in [0.15, 0.2) is 0 Å². The molecule has 1 saturated heterocycles. The number of nitrogens with zero attached hydrogens (tertiary/aromatic N) is 2. The molecule has 1 fully saturated rings. The smallest absolute Gasteiger partial charge is 0.258 e. The lowest BCUT2D eigenvalue weighted by atomic mass is 10.00. The molecule has 2 aliphatic heterocycles. The number of carbonyl (C=O) groups excluding carboxylic acids is 2. The lowest BCUT2D eigenvalue weighted by molar-refractivity contribution is 0.0983. The molecule has 0 bridgehead atoms. The van der Waals surface area contributed by atoms with Crippen LogP contribution in [0.3, 0.4) is 0 Å². The highest BCUT2D eigenvalue weighted by atomic mass is 32.2. The molecule has 3 aromatic rings. The first-order valence-electron chi connectivity index (χ1n) is 11.8. The van der Waals surface area contributed by atoms with Crippen LogP contribution in [-0.4, -0.2) is 44.2 Å². The Hall–Kier alpha value is -3.49. The van der Waals surface area contributed by atoms with Gasteiger partial charge in [-0.1, -0.05) is 18.2 Å². The van der Waals surface area contributed by atoms with Crippen LogP contribution in [0.5, 0.6) is 0 Å². The summed E-state index contributed by atoms with van der Waals surface area (Å²) in [4.78, 5) is 27.8. The number of hydrogen-bond donors (Lipinski definition) is 1. The quantitative estimate of drug-likeness (QED) is 0.578. The van der Waals surface area contributed by atoms with Crippen molar-refractivity contribution in [1.29, 1.82) is 0 Å². The zero-order chi connectivity index (χ0) is 24.4. The summed E-state index contributed by atoms with van der Waals surface area (Å²) >= 11 is 0. The van der Waals surface area contributed by atoms with E-state index in [4.69, 9.17) is 0 Å². The molecule has 7 nitrogen and oxygen atoms in total. The summed E-state index contributed by atoms with van der Waals surface area (Å²) in [7, 11) is -3.51. The van der Waals surface area contributed by atoms with Crippen LogP contribution in [0.4, 0.5) is 11.4 Å². The van der Waals surface area contributed by atoms with E-state index in [9.17, 15) is 18.0 Å². The maximum atomic E-state index is 13.0. The van der Waals surface area contributed by atoms with E-state index in [0.717, 1.165) is 36.9 Å². The predicted octanol–water partition coefficient (Wildman–Crippen LogP) is 4.32. The van der Waals surface area contributed by atoms with Crippen LogP contribution in [0.1, 0.15) is 45.5 Å². The number of rotatable bonds is 5. The van der Waals surface area contributed by atoms with Crippen molar-refractivity contribution < 1.29 is 18.0 Å². The van der Waals surface area contributed by atoms with Gasteiger partial charge in [-0.2, -0.15) is 4.31 Å². The van der Waals surface area contributed by atoms with Gasteiger partial charge in [-0.05, 0) is 85.8 Å². The number of hydrogen-bond acceptors (Lipinski definition) is 4. The van der Waals surface area contributed by atoms with Crippen LogP contribution in [0.25, 0.3) is 0 Å². The van der Waals surface area contributed by atoms with E-state index in [1.54, 1.807) is 11.0 Å². The number of fused-ring (bicyclic) bond motifs is 1. The minimum atomic E-state index is -3.51. The third-order valence-electron chi connectivity index (χ3n) is 6.54. The molecule has 2 aliphatic rings. The van der Waals surface area contributed by atoms with E-state index in [1.165, 1.54) is 28.6 Å². The first-order chi connectivity index (χ1) is 16.9. The number of aryl methyl sites for hydroxylation is 1. The maximum absolute atomic E-state index is 13.0. The summed E-state index contributed by atoms with van der Waals surface area (Å²) in [5.41, 5.74) is 3.53. The Balaban J connectivity index is 1.30. The van der Waals surface area contributed by atoms with Crippen LogP contribution in [0.15, 0.2) is 77.7 Å². The highest BCUT2D eigenvalue weighted by Crippen LogP contribution is 2.31. The van der Waals surface area contributed by atoms with Gasteiger partial charge < -0.3 is 10.2 Å². The second-order valence-electron chi connectivity index (χ2n) is 8.86. The van der Waals surface area contributed by atoms with E-state index < -0.39 is 10.0 Å². The molecule has 0 unspecified atom stereocenters. The summed E-state index contributed by atoms with van der Waals surface area (Å²) in [5, 5.41) is 2.90. The first kappa shape index (κ1) is 23.3. The molecule has 1 N–H and O–H groups in total. The number of nitrogens with one attached hydrogen (secondary N) is 1. The van der Waals surface area contributed by atoms with Crippen molar-refractivity contribution in [3.63, 3.8) is 0 Å². The van der Waals surface area contributed by atoms with Crippen molar-refractivity contribution >= 4 is 33.2 Å². The lowest BCUT2D eigenvalue weighted by Crippen LogP contribution is -2.35. The number of carbonyl (C=O) groups is 2. The molecule has 180 valence electrons. The van der Waals surface area contributed by atoms with Gasteiger partial charge in [0, 0.05) is 42.1 Å². The topological polar surface area (TPSA) is 86.8 Å². The van der Waals surface area contributed by atoms with Crippen molar-refractivity contribution in [1.82, 2.24) is 4.31 Å². The summed E-state index contributed by atoms with van der Waals surface area (Å²) in [6, 6.07) is 20.8. The molecule has 35 heavy (non-hydrogen) atoms. The number of amides is 2. The van der Waals surface area contributed by atoms with E-state index in [2.05, 4.69) is 5.32 Å². The van der Waals surface area contributed by atoms with E-state index in [0.29, 0.717) is 36.4 Å². The summed E-state index contributed by atoms with van der Waals surface area (Å²) in [6.07, 6.45) is 3.41. The maximum Gasteiger partial charge on any atom is 0.258 e. The molecule has 0 aliphatic carbocycles. The fourth-order valence-electron chi connectivity index (χ4n) is 4.68. The molecule has 0 radical (unpaired) electrons. The second kappa shape index (κ2) is 9.64.